The van der Waals surface area contributed by atoms with Gasteiger partial charge in [0.15, 0.2) is 11.6 Å². The molecule has 17 heavy (non-hydrogen) atoms. The Hall–Kier alpha value is -2.18. The molecule has 0 bridgehead atoms. The van der Waals surface area contributed by atoms with Crippen LogP contribution in [0.15, 0.2) is 24.5 Å². The van der Waals surface area contributed by atoms with E-state index in [9.17, 15) is 17.6 Å². The lowest BCUT2D eigenvalue weighted by atomic mass is 10.3. The van der Waals surface area contributed by atoms with Crippen LogP contribution >= 0.6 is 0 Å². The molecule has 1 aromatic heterocycles. The number of nitrogens with one attached hydrogen (secondary N) is 1. The first-order chi connectivity index (χ1) is 8.06. The van der Waals surface area contributed by atoms with E-state index < -0.39 is 29.1 Å². The molecule has 1 aromatic carbocycles. The van der Waals surface area contributed by atoms with Gasteiger partial charge in [0.2, 0.25) is 5.95 Å². The average Bonchev–Trinajstić information content (AvgIpc) is 2.25. The third-order valence-electron chi connectivity index (χ3n) is 1.89. The zero-order valence-corrected chi connectivity index (χ0v) is 8.22. The number of nitrogens with zero attached hydrogens (tertiary/aromatic N) is 2. The summed E-state index contributed by atoms with van der Waals surface area (Å²) in [6, 6.07) is 2.00. The van der Waals surface area contributed by atoms with Gasteiger partial charge >= 0.3 is 0 Å². The number of hydrogen-bond acceptors (Lipinski definition) is 3. The third-order valence-corrected chi connectivity index (χ3v) is 1.89. The molecular formula is C10H5F4N3. The number of benzene rings is 1. The van der Waals surface area contributed by atoms with Gasteiger partial charge in [-0.3, -0.25) is 0 Å². The van der Waals surface area contributed by atoms with Gasteiger partial charge in [-0.2, -0.15) is 4.39 Å². The zero-order chi connectivity index (χ0) is 12.4. The first-order valence-electron chi connectivity index (χ1n) is 4.45. The molecule has 1 heterocycles. The van der Waals surface area contributed by atoms with E-state index in [4.69, 9.17) is 0 Å². The molecule has 0 fully saturated rings. The molecule has 0 aliphatic rings. The average molecular weight is 243 g/mol. The lowest BCUT2D eigenvalue weighted by Gasteiger charge is -2.07. The van der Waals surface area contributed by atoms with Gasteiger partial charge in [0, 0.05) is 18.2 Å². The van der Waals surface area contributed by atoms with E-state index in [0.717, 1.165) is 18.5 Å². The zero-order valence-electron chi connectivity index (χ0n) is 8.22. The van der Waals surface area contributed by atoms with Gasteiger partial charge in [0.25, 0.3) is 0 Å². The second kappa shape index (κ2) is 4.36. The monoisotopic (exact) mass is 243 g/mol. The molecule has 1 N–H and O–H groups in total. The predicted molar refractivity (Wildman–Crippen MR) is 51.6 cm³/mol. The molecule has 0 aliphatic heterocycles. The highest BCUT2D eigenvalue weighted by molar-refractivity contribution is 5.56. The highest BCUT2D eigenvalue weighted by atomic mass is 19.2. The lowest BCUT2D eigenvalue weighted by molar-refractivity contribution is 0.498. The minimum Gasteiger partial charge on any atom is -0.337 e. The van der Waals surface area contributed by atoms with Gasteiger partial charge in [0.1, 0.15) is 18.0 Å². The van der Waals surface area contributed by atoms with Crippen LogP contribution in [-0.4, -0.2) is 9.97 Å². The fourth-order valence-electron chi connectivity index (χ4n) is 1.19. The minimum absolute atomic E-state index is 0.110. The fourth-order valence-corrected chi connectivity index (χ4v) is 1.19. The van der Waals surface area contributed by atoms with Crippen LogP contribution < -0.4 is 5.32 Å². The Balaban J connectivity index is 2.36. The first kappa shape index (κ1) is 11.3. The van der Waals surface area contributed by atoms with Gasteiger partial charge in [-0.25, -0.2) is 23.1 Å². The van der Waals surface area contributed by atoms with Crippen molar-refractivity contribution < 1.29 is 17.6 Å². The van der Waals surface area contributed by atoms with Crippen molar-refractivity contribution in [3.63, 3.8) is 0 Å². The van der Waals surface area contributed by atoms with Crippen molar-refractivity contribution in [3.8, 4) is 0 Å². The molecule has 0 spiro atoms. The summed E-state index contributed by atoms with van der Waals surface area (Å²) < 4.78 is 51.6. The predicted octanol–water partition coefficient (Wildman–Crippen LogP) is 2.78. The van der Waals surface area contributed by atoms with Crippen molar-refractivity contribution in [2.45, 2.75) is 0 Å². The summed E-state index contributed by atoms with van der Waals surface area (Å²) >= 11 is 0. The molecular weight excluding hydrogens is 238 g/mol. The van der Waals surface area contributed by atoms with Crippen molar-refractivity contribution >= 4 is 11.5 Å². The third kappa shape index (κ3) is 2.49. The molecule has 0 saturated heterocycles. The summed E-state index contributed by atoms with van der Waals surface area (Å²) in [5.41, 5.74) is -0.472. The molecule has 0 radical (unpaired) electrons. The lowest BCUT2D eigenvalue weighted by Crippen LogP contribution is -2.00. The maximum atomic E-state index is 13.2. The molecule has 2 rings (SSSR count). The quantitative estimate of drug-likeness (QED) is 0.500. The first-order valence-corrected chi connectivity index (χ1v) is 4.45. The SMILES string of the molecule is Fc1cc(F)c(F)c(Nc2cc(F)ncn2)c1. The number of rotatable bonds is 2. The molecule has 3 nitrogen and oxygen atoms in total. The van der Waals surface area contributed by atoms with Crippen LogP contribution in [0, 0.1) is 23.4 Å². The van der Waals surface area contributed by atoms with E-state index in [1.54, 1.807) is 0 Å². The Bertz CT molecular complexity index is 559. The normalized spacial score (nSPS) is 10.4. The smallest absolute Gasteiger partial charge is 0.218 e. The van der Waals surface area contributed by atoms with Crippen LogP contribution in [0.2, 0.25) is 0 Å². The molecule has 0 saturated carbocycles. The van der Waals surface area contributed by atoms with E-state index in [-0.39, 0.29) is 5.82 Å². The van der Waals surface area contributed by atoms with Crippen molar-refractivity contribution in [2.75, 3.05) is 5.32 Å². The Labute approximate surface area is 93.1 Å². The number of anilines is 2. The molecule has 0 atom stereocenters. The van der Waals surface area contributed by atoms with Crippen molar-refractivity contribution in [1.82, 2.24) is 9.97 Å². The molecule has 88 valence electrons. The summed E-state index contributed by atoms with van der Waals surface area (Å²) in [4.78, 5) is 6.74. The van der Waals surface area contributed by atoms with Crippen LogP contribution in [0.5, 0.6) is 0 Å². The van der Waals surface area contributed by atoms with Crippen LogP contribution in [-0.2, 0) is 0 Å². The van der Waals surface area contributed by atoms with Crippen molar-refractivity contribution in [1.29, 1.82) is 0 Å². The fraction of sp³-hybridized carbons (Fsp3) is 0. The molecule has 0 unspecified atom stereocenters. The Morgan fingerprint density at radius 3 is 2.41 bits per heavy atom. The molecule has 0 aliphatic carbocycles. The Morgan fingerprint density at radius 1 is 0.941 bits per heavy atom. The van der Waals surface area contributed by atoms with E-state index in [2.05, 4.69) is 15.3 Å². The standard InChI is InChI=1S/C10H5F4N3/c11-5-1-6(12)10(14)7(2-5)17-9-3-8(13)15-4-16-9/h1-4H,(H,15,16,17). The van der Waals surface area contributed by atoms with Gasteiger partial charge in [-0.15, -0.1) is 0 Å². The largest absolute Gasteiger partial charge is 0.337 e. The topological polar surface area (TPSA) is 37.8 Å². The highest BCUT2D eigenvalue weighted by Crippen LogP contribution is 2.22. The van der Waals surface area contributed by atoms with Gasteiger partial charge in [-0.05, 0) is 0 Å². The van der Waals surface area contributed by atoms with Crippen LogP contribution in [0.25, 0.3) is 0 Å². The summed E-state index contributed by atoms with van der Waals surface area (Å²) in [6.45, 7) is 0. The van der Waals surface area contributed by atoms with Gasteiger partial charge in [0.05, 0.1) is 5.69 Å². The summed E-state index contributed by atoms with van der Waals surface area (Å²) in [7, 11) is 0. The minimum atomic E-state index is -1.35. The van der Waals surface area contributed by atoms with Crippen molar-refractivity contribution in [3.05, 3.63) is 47.9 Å². The molecule has 7 heteroatoms. The van der Waals surface area contributed by atoms with E-state index in [0.29, 0.717) is 6.07 Å². The van der Waals surface area contributed by atoms with Gasteiger partial charge in [-0.1, -0.05) is 0 Å². The highest BCUT2D eigenvalue weighted by Gasteiger charge is 2.11. The Kier molecular flexibility index (Phi) is 2.90. The second-order valence-electron chi connectivity index (χ2n) is 3.10. The van der Waals surface area contributed by atoms with E-state index >= 15 is 0 Å². The Morgan fingerprint density at radius 2 is 1.71 bits per heavy atom. The van der Waals surface area contributed by atoms with Crippen LogP contribution in [0.4, 0.5) is 29.1 Å². The van der Waals surface area contributed by atoms with Crippen LogP contribution in [0.1, 0.15) is 0 Å². The maximum Gasteiger partial charge on any atom is 0.218 e. The summed E-state index contributed by atoms with van der Waals surface area (Å²) in [5, 5.41) is 2.25. The summed E-state index contributed by atoms with van der Waals surface area (Å²) in [6.07, 6.45) is 0.894. The number of halogens is 4. The molecule has 0 amide bonds. The maximum absolute atomic E-state index is 13.2. The van der Waals surface area contributed by atoms with Gasteiger partial charge < -0.3 is 5.32 Å². The number of hydrogen-bond donors (Lipinski definition) is 1. The number of aromatic nitrogens is 2. The second-order valence-corrected chi connectivity index (χ2v) is 3.10. The van der Waals surface area contributed by atoms with Crippen LogP contribution in [0.3, 0.4) is 0 Å². The molecule has 2 aromatic rings. The summed E-state index contributed by atoms with van der Waals surface area (Å²) in [5.74, 6) is -4.53. The van der Waals surface area contributed by atoms with E-state index in [1.165, 1.54) is 0 Å². The van der Waals surface area contributed by atoms with Crippen molar-refractivity contribution in [2.24, 2.45) is 0 Å². The van der Waals surface area contributed by atoms with E-state index in [1.807, 2.05) is 0 Å².